The van der Waals surface area contributed by atoms with Crippen LogP contribution in [-0.2, 0) is 7.05 Å². The van der Waals surface area contributed by atoms with E-state index in [-0.39, 0.29) is 5.56 Å². The van der Waals surface area contributed by atoms with Crippen LogP contribution in [0.25, 0.3) is 22.6 Å². The van der Waals surface area contributed by atoms with Crippen LogP contribution in [0.1, 0.15) is 10.4 Å². The second kappa shape index (κ2) is 3.73. The molecular weight excluding hydrogens is 232 g/mol. The molecular formula is C13H10N2O3. The van der Waals surface area contributed by atoms with Gasteiger partial charge < -0.3 is 14.1 Å². The third-order valence-electron chi connectivity index (χ3n) is 2.71. The SMILES string of the molecule is Cn1ccc(-c2nc3ccc(C(=O)O)cc3o2)c1. The third-order valence-corrected chi connectivity index (χ3v) is 2.71. The van der Waals surface area contributed by atoms with Gasteiger partial charge in [0.15, 0.2) is 5.58 Å². The van der Waals surface area contributed by atoms with E-state index < -0.39 is 5.97 Å². The lowest BCUT2D eigenvalue weighted by molar-refractivity contribution is 0.0697. The van der Waals surface area contributed by atoms with Gasteiger partial charge in [-0.15, -0.1) is 0 Å². The van der Waals surface area contributed by atoms with Crippen LogP contribution >= 0.6 is 0 Å². The lowest BCUT2D eigenvalue weighted by atomic mass is 10.2. The van der Waals surface area contributed by atoms with Crippen molar-refractivity contribution in [2.24, 2.45) is 7.05 Å². The maximum atomic E-state index is 10.9. The van der Waals surface area contributed by atoms with E-state index in [1.54, 1.807) is 6.07 Å². The molecule has 0 saturated carbocycles. The summed E-state index contributed by atoms with van der Waals surface area (Å²) in [7, 11) is 1.91. The molecule has 0 spiro atoms. The molecule has 5 nitrogen and oxygen atoms in total. The molecule has 1 N–H and O–H groups in total. The molecule has 18 heavy (non-hydrogen) atoms. The van der Waals surface area contributed by atoms with Crippen molar-refractivity contribution < 1.29 is 14.3 Å². The van der Waals surface area contributed by atoms with Gasteiger partial charge in [0.05, 0.1) is 11.1 Å². The number of carboxylic acid groups (broad SMARTS) is 1. The van der Waals surface area contributed by atoms with Gasteiger partial charge in [-0.05, 0) is 24.3 Å². The average Bonchev–Trinajstić information content (AvgIpc) is 2.93. The third kappa shape index (κ3) is 1.66. The maximum absolute atomic E-state index is 10.9. The highest BCUT2D eigenvalue weighted by atomic mass is 16.4. The van der Waals surface area contributed by atoms with Crippen molar-refractivity contribution in [2.45, 2.75) is 0 Å². The topological polar surface area (TPSA) is 68.3 Å². The van der Waals surface area contributed by atoms with Gasteiger partial charge >= 0.3 is 5.97 Å². The van der Waals surface area contributed by atoms with Gasteiger partial charge in [0.2, 0.25) is 5.89 Å². The van der Waals surface area contributed by atoms with Crippen LogP contribution in [0, 0.1) is 0 Å². The maximum Gasteiger partial charge on any atom is 0.335 e. The van der Waals surface area contributed by atoms with Crippen molar-refractivity contribution >= 4 is 17.1 Å². The van der Waals surface area contributed by atoms with Crippen molar-refractivity contribution in [3.05, 3.63) is 42.2 Å². The number of oxazole rings is 1. The summed E-state index contributed by atoms with van der Waals surface area (Å²) in [6, 6.07) is 6.54. The largest absolute Gasteiger partial charge is 0.478 e. The molecule has 2 aromatic heterocycles. The van der Waals surface area contributed by atoms with Gasteiger partial charge in [0, 0.05) is 19.4 Å². The predicted octanol–water partition coefficient (Wildman–Crippen LogP) is 2.53. The first-order valence-corrected chi connectivity index (χ1v) is 5.40. The number of benzene rings is 1. The molecule has 0 aliphatic rings. The van der Waals surface area contributed by atoms with Crippen molar-refractivity contribution in [3.63, 3.8) is 0 Å². The molecule has 0 aliphatic heterocycles. The summed E-state index contributed by atoms with van der Waals surface area (Å²) in [5, 5.41) is 8.91. The van der Waals surface area contributed by atoms with E-state index in [1.165, 1.54) is 12.1 Å². The van der Waals surface area contributed by atoms with E-state index in [4.69, 9.17) is 9.52 Å². The minimum absolute atomic E-state index is 0.193. The summed E-state index contributed by atoms with van der Waals surface area (Å²) in [6.07, 6.45) is 3.79. The van der Waals surface area contributed by atoms with Gasteiger partial charge in [-0.3, -0.25) is 0 Å². The Morgan fingerprint density at radius 2 is 2.22 bits per heavy atom. The van der Waals surface area contributed by atoms with Crippen LogP contribution < -0.4 is 0 Å². The lowest BCUT2D eigenvalue weighted by Crippen LogP contribution is -1.94. The molecule has 5 heteroatoms. The fourth-order valence-corrected chi connectivity index (χ4v) is 1.81. The molecule has 1 aromatic carbocycles. The number of aromatic nitrogens is 2. The first-order valence-electron chi connectivity index (χ1n) is 5.40. The van der Waals surface area contributed by atoms with Crippen LogP contribution in [0.4, 0.5) is 0 Å². The Hall–Kier alpha value is -2.56. The number of fused-ring (bicyclic) bond motifs is 1. The summed E-state index contributed by atoms with van der Waals surface area (Å²) < 4.78 is 7.47. The van der Waals surface area contributed by atoms with E-state index in [9.17, 15) is 4.79 Å². The minimum Gasteiger partial charge on any atom is -0.478 e. The molecule has 3 rings (SSSR count). The van der Waals surface area contributed by atoms with Crippen LogP contribution in [0.2, 0.25) is 0 Å². The van der Waals surface area contributed by atoms with E-state index in [1.807, 2.05) is 30.1 Å². The van der Waals surface area contributed by atoms with Gasteiger partial charge in [-0.25, -0.2) is 9.78 Å². The fourth-order valence-electron chi connectivity index (χ4n) is 1.81. The Balaban J connectivity index is 2.13. The molecule has 0 radical (unpaired) electrons. The van der Waals surface area contributed by atoms with Crippen molar-refractivity contribution in [3.8, 4) is 11.5 Å². The average molecular weight is 242 g/mol. The van der Waals surface area contributed by atoms with Crippen LogP contribution in [0.15, 0.2) is 41.1 Å². The zero-order chi connectivity index (χ0) is 12.7. The van der Waals surface area contributed by atoms with Gasteiger partial charge in [-0.1, -0.05) is 0 Å². The number of hydrogen-bond acceptors (Lipinski definition) is 3. The normalized spacial score (nSPS) is 10.9. The second-order valence-electron chi connectivity index (χ2n) is 4.07. The Kier molecular flexibility index (Phi) is 2.19. The van der Waals surface area contributed by atoms with E-state index in [2.05, 4.69) is 4.98 Å². The zero-order valence-electron chi connectivity index (χ0n) is 9.62. The fraction of sp³-hybridized carbons (Fsp3) is 0.0769. The highest BCUT2D eigenvalue weighted by Gasteiger charge is 2.11. The first-order chi connectivity index (χ1) is 8.63. The Bertz CT molecular complexity index is 740. The smallest absolute Gasteiger partial charge is 0.335 e. The van der Waals surface area contributed by atoms with Gasteiger partial charge in [-0.2, -0.15) is 0 Å². The molecule has 0 saturated heterocycles. The van der Waals surface area contributed by atoms with Crippen molar-refractivity contribution in [1.82, 2.24) is 9.55 Å². The number of nitrogens with zero attached hydrogens (tertiary/aromatic N) is 2. The highest BCUT2D eigenvalue weighted by molar-refractivity contribution is 5.92. The summed E-state index contributed by atoms with van der Waals surface area (Å²) >= 11 is 0. The standard InChI is InChI=1S/C13H10N2O3/c1-15-5-4-9(7-15)12-14-10-3-2-8(13(16)17)6-11(10)18-12/h2-7H,1H3,(H,16,17). The number of rotatable bonds is 2. The number of aromatic carboxylic acids is 1. The second-order valence-corrected chi connectivity index (χ2v) is 4.07. The Labute approximate surface area is 102 Å². The molecule has 3 aromatic rings. The van der Waals surface area contributed by atoms with Crippen LogP contribution in [0.5, 0.6) is 0 Å². The lowest BCUT2D eigenvalue weighted by Gasteiger charge is -1.91. The predicted molar refractivity (Wildman–Crippen MR) is 65.4 cm³/mol. The molecule has 0 atom stereocenters. The summed E-state index contributed by atoms with van der Waals surface area (Å²) in [6.45, 7) is 0. The quantitative estimate of drug-likeness (QED) is 0.749. The van der Waals surface area contributed by atoms with Crippen LogP contribution in [0.3, 0.4) is 0 Å². The van der Waals surface area contributed by atoms with Crippen molar-refractivity contribution in [1.29, 1.82) is 0 Å². The Morgan fingerprint density at radius 3 is 2.89 bits per heavy atom. The molecule has 2 heterocycles. The molecule has 0 fully saturated rings. The number of hydrogen-bond donors (Lipinski definition) is 1. The zero-order valence-corrected chi connectivity index (χ0v) is 9.62. The summed E-state index contributed by atoms with van der Waals surface area (Å²) in [4.78, 5) is 15.2. The van der Waals surface area contributed by atoms with Gasteiger partial charge in [0.1, 0.15) is 5.52 Å². The van der Waals surface area contributed by atoms with Crippen LogP contribution in [-0.4, -0.2) is 20.6 Å². The summed E-state index contributed by atoms with van der Waals surface area (Å²) in [5.41, 5.74) is 2.19. The van der Waals surface area contributed by atoms with E-state index in [0.29, 0.717) is 17.0 Å². The van der Waals surface area contributed by atoms with Crippen molar-refractivity contribution in [2.75, 3.05) is 0 Å². The number of carboxylic acids is 1. The van der Waals surface area contributed by atoms with Gasteiger partial charge in [0.25, 0.3) is 0 Å². The molecule has 0 bridgehead atoms. The Morgan fingerprint density at radius 1 is 1.39 bits per heavy atom. The monoisotopic (exact) mass is 242 g/mol. The number of aryl methyl sites for hydroxylation is 1. The first kappa shape index (κ1) is 10.6. The molecule has 0 unspecified atom stereocenters. The summed E-state index contributed by atoms with van der Waals surface area (Å²) in [5.74, 6) is -0.484. The van der Waals surface area contributed by atoms with E-state index in [0.717, 1.165) is 5.56 Å². The number of carbonyl (C=O) groups is 1. The molecule has 0 aliphatic carbocycles. The highest BCUT2D eigenvalue weighted by Crippen LogP contribution is 2.25. The minimum atomic E-state index is -0.977. The molecule has 90 valence electrons. The molecule has 0 amide bonds. The van der Waals surface area contributed by atoms with E-state index >= 15 is 0 Å².